The fraction of sp³-hybridized carbons (Fsp3) is 0. The topological polar surface area (TPSA) is 76.7 Å². The predicted octanol–water partition coefficient (Wildman–Crippen LogP) is 2.71. The van der Waals surface area contributed by atoms with Crippen LogP contribution in [0.15, 0.2) is 59.9 Å². The summed E-state index contributed by atoms with van der Waals surface area (Å²) in [6, 6.07) is 5.38. The van der Waals surface area contributed by atoms with E-state index in [0.29, 0.717) is 5.56 Å². The smallest absolute Gasteiger partial charge is 0.279 e. The van der Waals surface area contributed by atoms with Crippen LogP contribution in [0.4, 0.5) is 0 Å². The third-order valence-electron chi connectivity index (χ3n) is 3.32. The predicted molar refractivity (Wildman–Crippen MR) is 75.8 cm³/mol. The molecule has 0 saturated heterocycles. The summed E-state index contributed by atoms with van der Waals surface area (Å²) in [5.74, 6) is -0.214. The van der Waals surface area contributed by atoms with Crippen LogP contribution in [0.25, 0.3) is 22.2 Å². The summed E-state index contributed by atoms with van der Waals surface area (Å²) < 4.78 is 6.39. The van der Waals surface area contributed by atoms with Crippen molar-refractivity contribution in [2.75, 3.05) is 0 Å². The van der Waals surface area contributed by atoms with E-state index in [1.165, 1.54) is 4.68 Å². The van der Waals surface area contributed by atoms with Crippen molar-refractivity contribution in [1.82, 2.24) is 19.7 Å². The molecule has 0 aliphatic heterocycles. The number of aromatic nitrogens is 4. The van der Waals surface area contributed by atoms with Crippen LogP contribution in [0.5, 0.6) is 0 Å². The number of nitrogens with zero attached hydrogens (tertiary/aromatic N) is 3. The maximum absolute atomic E-state index is 12.3. The molecule has 0 aliphatic carbocycles. The third-order valence-corrected chi connectivity index (χ3v) is 3.32. The lowest BCUT2D eigenvalue weighted by atomic mass is 10.1. The van der Waals surface area contributed by atoms with Gasteiger partial charge in [-0.15, -0.1) is 0 Å². The van der Waals surface area contributed by atoms with E-state index >= 15 is 0 Å². The van der Waals surface area contributed by atoms with Crippen molar-refractivity contribution in [3.63, 3.8) is 0 Å². The van der Waals surface area contributed by atoms with Crippen LogP contribution in [0.2, 0.25) is 0 Å². The molecule has 4 heterocycles. The maximum Gasteiger partial charge on any atom is 0.279 e. The first-order chi connectivity index (χ1) is 10.3. The van der Waals surface area contributed by atoms with Gasteiger partial charge in [0.2, 0.25) is 0 Å². The van der Waals surface area contributed by atoms with Crippen molar-refractivity contribution in [1.29, 1.82) is 0 Å². The van der Waals surface area contributed by atoms with Crippen LogP contribution in [-0.2, 0) is 0 Å². The fourth-order valence-corrected chi connectivity index (χ4v) is 2.30. The van der Waals surface area contributed by atoms with Gasteiger partial charge in [-0.25, -0.2) is 9.67 Å². The number of nitrogens with one attached hydrogen (secondary N) is 1. The average molecular weight is 278 g/mol. The molecule has 0 unspecified atom stereocenters. The second kappa shape index (κ2) is 4.45. The summed E-state index contributed by atoms with van der Waals surface area (Å²) in [6.07, 6.45) is 9.84. The van der Waals surface area contributed by atoms with E-state index in [4.69, 9.17) is 4.42 Å². The van der Waals surface area contributed by atoms with E-state index in [-0.39, 0.29) is 5.91 Å². The minimum absolute atomic E-state index is 0.214. The molecule has 4 aromatic heterocycles. The van der Waals surface area contributed by atoms with E-state index in [0.717, 1.165) is 22.2 Å². The average Bonchev–Trinajstić information content (AvgIpc) is 3.25. The number of carbonyl (C=O) groups is 1. The second-order valence-corrected chi connectivity index (χ2v) is 4.59. The van der Waals surface area contributed by atoms with Crippen LogP contribution in [0.1, 0.15) is 10.4 Å². The Bertz CT molecular complexity index is 905. The molecule has 4 aromatic rings. The molecule has 0 aliphatic rings. The SMILES string of the molecule is O=C(c1cnc2[nH]cc(-c3ccoc3)c2c1)n1cccn1. The number of hydrogen-bond acceptors (Lipinski definition) is 4. The first-order valence-electron chi connectivity index (χ1n) is 6.37. The number of carbonyl (C=O) groups excluding carboxylic acids is 1. The van der Waals surface area contributed by atoms with Gasteiger partial charge in [-0.05, 0) is 18.2 Å². The van der Waals surface area contributed by atoms with Gasteiger partial charge >= 0.3 is 0 Å². The number of H-pyrrole nitrogens is 1. The molecule has 6 nitrogen and oxygen atoms in total. The zero-order valence-corrected chi connectivity index (χ0v) is 10.9. The van der Waals surface area contributed by atoms with Crippen molar-refractivity contribution in [2.45, 2.75) is 0 Å². The van der Waals surface area contributed by atoms with Crippen molar-refractivity contribution in [2.24, 2.45) is 0 Å². The number of hydrogen-bond donors (Lipinski definition) is 1. The van der Waals surface area contributed by atoms with E-state index < -0.39 is 0 Å². The van der Waals surface area contributed by atoms with Gasteiger partial charge < -0.3 is 9.40 Å². The Morgan fingerprint density at radius 2 is 2.33 bits per heavy atom. The summed E-state index contributed by atoms with van der Waals surface area (Å²) in [5.41, 5.74) is 3.09. The molecule has 0 amide bonds. The van der Waals surface area contributed by atoms with Gasteiger partial charge in [0.05, 0.1) is 18.1 Å². The lowest BCUT2D eigenvalue weighted by Gasteiger charge is -2.01. The van der Waals surface area contributed by atoms with Crippen molar-refractivity contribution < 1.29 is 9.21 Å². The van der Waals surface area contributed by atoms with Crippen LogP contribution in [0.3, 0.4) is 0 Å². The van der Waals surface area contributed by atoms with Gasteiger partial charge in [0.1, 0.15) is 5.65 Å². The van der Waals surface area contributed by atoms with Crippen molar-refractivity contribution in [3.8, 4) is 11.1 Å². The molecule has 1 N–H and O–H groups in total. The molecule has 6 heteroatoms. The number of aromatic amines is 1. The zero-order valence-electron chi connectivity index (χ0n) is 10.9. The van der Waals surface area contributed by atoms with E-state index in [1.54, 1.807) is 37.2 Å². The molecular formula is C15H10N4O2. The van der Waals surface area contributed by atoms with Gasteiger partial charge in [-0.3, -0.25) is 4.79 Å². The molecule has 21 heavy (non-hydrogen) atoms. The van der Waals surface area contributed by atoms with Crippen molar-refractivity contribution in [3.05, 3.63) is 61.1 Å². The minimum atomic E-state index is -0.214. The number of pyridine rings is 1. The Balaban J connectivity index is 1.86. The summed E-state index contributed by atoms with van der Waals surface area (Å²) in [4.78, 5) is 19.7. The highest BCUT2D eigenvalue weighted by atomic mass is 16.3. The number of rotatable bonds is 2. The summed E-state index contributed by atoms with van der Waals surface area (Å²) >= 11 is 0. The Kier molecular flexibility index (Phi) is 2.47. The molecule has 0 bridgehead atoms. The van der Waals surface area contributed by atoms with Gasteiger partial charge in [0, 0.05) is 41.3 Å². The molecule has 0 radical (unpaired) electrons. The van der Waals surface area contributed by atoms with Gasteiger partial charge in [-0.1, -0.05) is 0 Å². The monoisotopic (exact) mass is 278 g/mol. The van der Waals surface area contributed by atoms with Crippen LogP contribution in [0, 0.1) is 0 Å². The van der Waals surface area contributed by atoms with Crippen LogP contribution >= 0.6 is 0 Å². The largest absolute Gasteiger partial charge is 0.472 e. The number of fused-ring (bicyclic) bond motifs is 1. The lowest BCUT2D eigenvalue weighted by Crippen LogP contribution is -2.12. The second-order valence-electron chi connectivity index (χ2n) is 4.59. The Labute approximate surface area is 119 Å². The molecule has 0 fully saturated rings. The lowest BCUT2D eigenvalue weighted by molar-refractivity contribution is 0.0945. The first kappa shape index (κ1) is 11.7. The van der Waals surface area contributed by atoms with Crippen LogP contribution < -0.4 is 0 Å². The summed E-state index contributed by atoms with van der Waals surface area (Å²) in [5, 5.41) is 4.82. The highest BCUT2D eigenvalue weighted by Gasteiger charge is 2.13. The van der Waals surface area contributed by atoms with Gasteiger partial charge in [0.15, 0.2) is 0 Å². The molecular weight excluding hydrogens is 268 g/mol. The van der Waals surface area contributed by atoms with E-state index in [2.05, 4.69) is 15.1 Å². The number of furan rings is 1. The van der Waals surface area contributed by atoms with Crippen LogP contribution in [-0.4, -0.2) is 25.7 Å². The Morgan fingerprint density at radius 1 is 1.38 bits per heavy atom. The van der Waals surface area contributed by atoms with E-state index in [9.17, 15) is 4.79 Å². The molecule has 0 atom stereocenters. The fourth-order valence-electron chi connectivity index (χ4n) is 2.30. The molecule has 0 aromatic carbocycles. The molecule has 0 saturated carbocycles. The Morgan fingerprint density at radius 3 is 3.10 bits per heavy atom. The summed E-state index contributed by atoms with van der Waals surface area (Å²) in [7, 11) is 0. The normalized spacial score (nSPS) is 11.0. The summed E-state index contributed by atoms with van der Waals surface area (Å²) in [6.45, 7) is 0. The highest BCUT2D eigenvalue weighted by Crippen LogP contribution is 2.28. The first-order valence-corrected chi connectivity index (χ1v) is 6.37. The zero-order chi connectivity index (χ0) is 14.2. The quantitative estimate of drug-likeness (QED) is 0.611. The van der Waals surface area contributed by atoms with E-state index in [1.807, 2.05) is 18.3 Å². The maximum atomic E-state index is 12.3. The van der Waals surface area contributed by atoms with Gasteiger partial charge in [0.25, 0.3) is 5.91 Å². The molecule has 102 valence electrons. The third kappa shape index (κ3) is 1.85. The minimum Gasteiger partial charge on any atom is -0.472 e. The molecule has 0 spiro atoms. The van der Waals surface area contributed by atoms with Gasteiger partial charge in [-0.2, -0.15) is 5.10 Å². The molecule has 4 rings (SSSR count). The standard InChI is InChI=1S/C15H10N4O2/c20-15(19-4-1-3-18-19)11-6-12-13(10-2-5-21-9-10)8-17-14(12)16-7-11/h1-9H,(H,16,17). The highest BCUT2D eigenvalue weighted by molar-refractivity contribution is 6.01. The van der Waals surface area contributed by atoms with Crippen molar-refractivity contribution >= 4 is 16.9 Å². The Hall–Kier alpha value is -3.15.